The van der Waals surface area contributed by atoms with Gasteiger partial charge in [-0.2, -0.15) is 26.3 Å². The van der Waals surface area contributed by atoms with E-state index >= 15 is 0 Å². The molecule has 0 aliphatic heterocycles. The third-order valence-corrected chi connectivity index (χ3v) is 3.30. The molecule has 0 saturated heterocycles. The number of hydrogen-bond acceptors (Lipinski definition) is 2. The SMILES string of the molecule is Cc1ccc(O)c(C(=O)Nc2cc(C(F)(F)F)ccc2C(F)(F)F)c1. The molecular formula is C16H11F6NO2. The number of carbonyl (C=O) groups is 1. The van der Waals surface area contributed by atoms with Gasteiger partial charge in [0.25, 0.3) is 5.91 Å². The molecule has 3 nitrogen and oxygen atoms in total. The lowest BCUT2D eigenvalue weighted by Gasteiger charge is -2.17. The number of benzene rings is 2. The van der Waals surface area contributed by atoms with Crippen LogP contribution in [0.15, 0.2) is 36.4 Å². The first-order chi connectivity index (χ1) is 11.4. The monoisotopic (exact) mass is 363 g/mol. The number of aryl methyl sites for hydroxylation is 1. The van der Waals surface area contributed by atoms with Crippen molar-refractivity contribution in [3.8, 4) is 5.75 Å². The predicted octanol–water partition coefficient (Wildman–Crippen LogP) is 4.99. The average molecular weight is 363 g/mol. The van der Waals surface area contributed by atoms with Crippen molar-refractivity contribution in [2.24, 2.45) is 0 Å². The van der Waals surface area contributed by atoms with E-state index < -0.39 is 40.8 Å². The summed E-state index contributed by atoms with van der Waals surface area (Å²) in [6, 6.07) is 4.54. The first kappa shape index (κ1) is 18.6. The van der Waals surface area contributed by atoms with Crippen LogP contribution in [0.25, 0.3) is 0 Å². The van der Waals surface area contributed by atoms with Crippen molar-refractivity contribution in [3.63, 3.8) is 0 Å². The summed E-state index contributed by atoms with van der Waals surface area (Å²) in [4.78, 5) is 12.1. The second kappa shape index (κ2) is 6.30. The zero-order valence-corrected chi connectivity index (χ0v) is 12.6. The Kier molecular flexibility index (Phi) is 4.70. The summed E-state index contributed by atoms with van der Waals surface area (Å²) in [6.07, 6.45) is -9.85. The molecule has 0 fully saturated rings. The average Bonchev–Trinajstić information content (AvgIpc) is 2.47. The largest absolute Gasteiger partial charge is 0.507 e. The lowest BCUT2D eigenvalue weighted by atomic mass is 10.1. The molecule has 0 heterocycles. The molecule has 1 amide bonds. The summed E-state index contributed by atoms with van der Waals surface area (Å²) < 4.78 is 77.2. The number of alkyl halides is 6. The number of halogens is 6. The minimum absolute atomic E-state index is 0.202. The van der Waals surface area contributed by atoms with Gasteiger partial charge in [-0.05, 0) is 37.3 Å². The van der Waals surface area contributed by atoms with Crippen molar-refractivity contribution < 1.29 is 36.2 Å². The number of amides is 1. The third kappa shape index (κ3) is 4.23. The standard InChI is InChI=1S/C16H11F6NO2/c1-8-2-5-13(24)10(6-8)14(25)23-12-7-9(15(17,18)19)3-4-11(12)16(20,21)22/h2-7,24H,1H3,(H,23,25). The highest BCUT2D eigenvalue weighted by atomic mass is 19.4. The highest BCUT2D eigenvalue weighted by Crippen LogP contribution is 2.39. The zero-order chi connectivity index (χ0) is 19.0. The van der Waals surface area contributed by atoms with Gasteiger partial charge >= 0.3 is 12.4 Å². The molecule has 0 unspecified atom stereocenters. The fourth-order valence-corrected chi connectivity index (χ4v) is 2.09. The van der Waals surface area contributed by atoms with Crippen molar-refractivity contribution in [2.45, 2.75) is 19.3 Å². The quantitative estimate of drug-likeness (QED) is 0.739. The normalized spacial score (nSPS) is 12.1. The summed E-state index contributed by atoms with van der Waals surface area (Å²) in [5, 5.41) is 11.4. The van der Waals surface area contributed by atoms with E-state index in [1.807, 2.05) is 0 Å². The van der Waals surface area contributed by atoms with Crippen LogP contribution < -0.4 is 5.32 Å². The van der Waals surface area contributed by atoms with E-state index in [2.05, 4.69) is 0 Å². The Bertz CT molecular complexity index is 811. The van der Waals surface area contributed by atoms with E-state index in [4.69, 9.17) is 0 Å². The minimum atomic E-state index is -4.97. The molecular weight excluding hydrogens is 352 g/mol. The van der Waals surface area contributed by atoms with Crippen molar-refractivity contribution in [3.05, 3.63) is 58.7 Å². The van der Waals surface area contributed by atoms with Gasteiger partial charge in [-0.3, -0.25) is 4.79 Å². The lowest BCUT2D eigenvalue weighted by Crippen LogP contribution is -2.18. The minimum Gasteiger partial charge on any atom is -0.507 e. The van der Waals surface area contributed by atoms with Crippen LogP contribution in [0.4, 0.5) is 32.0 Å². The van der Waals surface area contributed by atoms with Crippen LogP contribution in [-0.2, 0) is 12.4 Å². The van der Waals surface area contributed by atoms with Crippen LogP contribution in [0.2, 0.25) is 0 Å². The molecule has 0 aromatic heterocycles. The van der Waals surface area contributed by atoms with Crippen molar-refractivity contribution in [1.82, 2.24) is 0 Å². The van der Waals surface area contributed by atoms with Crippen molar-refractivity contribution in [1.29, 1.82) is 0 Å². The van der Waals surface area contributed by atoms with Crippen molar-refractivity contribution in [2.75, 3.05) is 5.32 Å². The van der Waals surface area contributed by atoms with Gasteiger partial charge in [0.1, 0.15) is 5.75 Å². The molecule has 0 atom stereocenters. The summed E-state index contributed by atoms with van der Waals surface area (Å²) in [5.74, 6) is -1.67. The van der Waals surface area contributed by atoms with E-state index in [-0.39, 0.29) is 23.8 Å². The molecule has 134 valence electrons. The molecule has 2 aromatic carbocycles. The Labute approximate surface area is 137 Å². The second-order valence-electron chi connectivity index (χ2n) is 5.23. The highest BCUT2D eigenvalue weighted by molar-refractivity contribution is 6.06. The van der Waals surface area contributed by atoms with Gasteiger partial charge < -0.3 is 10.4 Å². The van der Waals surface area contributed by atoms with Gasteiger partial charge in [0.2, 0.25) is 0 Å². The molecule has 9 heteroatoms. The van der Waals surface area contributed by atoms with Crippen LogP contribution in [0.1, 0.15) is 27.0 Å². The topological polar surface area (TPSA) is 49.3 Å². The first-order valence-electron chi connectivity index (χ1n) is 6.79. The lowest BCUT2D eigenvalue weighted by molar-refractivity contribution is -0.140. The Morgan fingerprint density at radius 2 is 1.60 bits per heavy atom. The molecule has 0 bridgehead atoms. The molecule has 0 aliphatic rings. The van der Waals surface area contributed by atoms with Gasteiger partial charge in [0, 0.05) is 0 Å². The van der Waals surface area contributed by atoms with Crippen LogP contribution in [0.5, 0.6) is 5.75 Å². The maximum atomic E-state index is 13.0. The number of aromatic hydroxyl groups is 1. The van der Waals surface area contributed by atoms with Gasteiger partial charge in [-0.25, -0.2) is 0 Å². The van der Waals surface area contributed by atoms with Crippen LogP contribution in [0.3, 0.4) is 0 Å². The van der Waals surface area contributed by atoms with Gasteiger partial charge in [-0.1, -0.05) is 11.6 Å². The maximum Gasteiger partial charge on any atom is 0.418 e. The second-order valence-corrected chi connectivity index (χ2v) is 5.23. The van der Waals surface area contributed by atoms with Gasteiger partial charge in [0.05, 0.1) is 22.4 Å². The maximum absolute atomic E-state index is 13.0. The molecule has 0 saturated carbocycles. The number of nitrogens with one attached hydrogen (secondary N) is 1. The Hall–Kier alpha value is -2.71. The van der Waals surface area contributed by atoms with E-state index in [0.29, 0.717) is 5.56 Å². The fourth-order valence-electron chi connectivity index (χ4n) is 2.09. The predicted molar refractivity (Wildman–Crippen MR) is 77.2 cm³/mol. The molecule has 2 N–H and O–H groups in total. The van der Waals surface area contributed by atoms with E-state index in [9.17, 15) is 36.2 Å². The van der Waals surface area contributed by atoms with E-state index in [1.165, 1.54) is 12.1 Å². The number of carbonyl (C=O) groups excluding carboxylic acids is 1. The third-order valence-electron chi connectivity index (χ3n) is 3.30. The number of rotatable bonds is 2. The smallest absolute Gasteiger partial charge is 0.418 e. The van der Waals surface area contributed by atoms with Crippen LogP contribution >= 0.6 is 0 Å². The number of anilines is 1. The van der Waals surface area contributed by atoms with Crippen LogP contribution in [-0.4, -0.2) is 11.0 Å². The van der Waals surface area contributed by atoms with Crippen LogP contribution in [0, 0.1) is 6.92 Å². The zero-order valence-electron chi connectivity index (χ0n) is 12.6. The summed E-state index contributed by atoms with van der Waals surface area (Å²) in [5.41, 5.74) is -3.65. The molecule has 0 spiro atoms. The molecule has 0 radical (unpaired) electrons. The van der Waals surface area contributed by atoms with E-state index in [1.54, 1.807) is 12.2 Å². The highest BCUT2D eigenvalue weighted by Gasteiger charge is 2.37. The Balaban J connectivity index is 2.49. The number of phenolic OH excluding ortho intramolecular Hbond substituents is 1. The summed E-state index contributed by atoms with van der Waals surface area (Å²) >= 11 is 0. The van der Waals surface area contributed by atoms with Gasteiger partial charge in [0.15, 0.2) is 0 Å². The van der Waals surface area contributed by atoms with Gasteiger partial charge in [-0.15, -0.1) is 0 Å². The molecule has 0 aliphatic carbocycles. The molecule has 25 heavy (non-hydrogen) atoms. The number of hydrogen-bond donors (Lipinski definition) is 2. The molecule has 2 aromatic rings. The summed E-state index contributed by atoms with van der Waals surface area (Å²) in [7, 11) is 0. The first-order valence-corrected chi connectivity index (χ1v) is 6.79. The van der Waals surface area contributed by atoms with Crippen molar-refractivity contribution >= 4 is 11.6 Å². The molecule has 2 rings (SSSR count). The number of phenols is 1. The summed E-state index contributed by atoms with van der Waals surface area (Å²) in [6.45, 7) is 1.57. The van der Waals surface area contributed by atoms with E-state index in [0.717, 1.165) is 6.07 Å². The Morgan fingerprint density at radius 3 is 2.16 bits per heavy atom. The Morgan fingerprint density at radius 1 is 0.960 bits per heavy atom. The fraction of sp³-hybridized carbons (Fsp3) is 0.188.